The third-order valence-corrected chi connectivity index (χ3v) is 5.29. The molecule has 142 valence electrons. The molecule has 0 radical (unpaired) electrons. The van der Waals surface area contributed by atoms with Crippen LogP contribution in [-0.2, 0) is 7.05 Å². The van der Waals surface area contributed by atoms with Gasteiger partial charge >= 0.3 is 0 Å². The fraction of sp³-hybridized carbons (Fsp3) is 0.500. The van der Waals surface area contributed by atoms with Crippen molar-refractivity contribution in [3.63, 3.8) is 0 Å². The predicted molar refractivity (Wildman–Crippen MR) is 108 cm³/mol. The van der Waals surface area contributed by atoms with Crippen LogP contribution in [0.25, 0.3) is 22.6 Å². The Hall–Kier alpha value is -2.54. The summed E-state index contributed by atoms with van der Waals surface area (Å²) >= 11 is 0. The van der Waals surface area contributed by atoms with E-state index in [1.165, 1.54) is 0 Å². The van der Waals surface area contributed by atoms with Crippen molar-refractivity contribution in [2.75, 3.05) is 31.1 Å². The standard InChI is InChI=1S/C20H27N7/c1-14(2)26-10-7-11-27(13-12-26)20-17-15(3)24-25(4)19(17)22-18(23-20)16-8-5-6-9-21-16/h5-6,8-9,14H,7,10-13H2,1-4H3. The Labute approximate surface area is 160 Å². The van der Waals surface area contributed by atoms with Gasteiger partial charge in [-0.2, -0.15) is 5.10 Å². The molecule has 0 aliphatic carbocycles. The minimum Gasteiger partial charge on any atom is -0.355 e. The van der Waals surface area contributed by atoms with Crippen LogP contribution in [0.15, 0.2) is 24.4 Å². The van der Waals surface area contributed by atoms with Gasteiger partial charge in [0, 0.05) is 45.5 Å². The van der Waals surface area contributed by atoms with E-state index >= 15 is 0 Å². The first-order valence-corrected chi connectivity index (χ1v) is 9.66. The highest BCUT2D eigenvalue weighted by Gasteiger charge is 2.23. The molecule has 7 nitrogen and oxygen atoms in total. The third-order valence-electron chi connectivity index (χ3n) is 5.29. The summed E-state index contributed by atoms with van der Waals surface area (Å²) in [5.74, 6) is 1.64. The topological polar surface area (TPSA) is 63.0 Å². The molecule has 1 aliphatic rings. The maximum atomic E-state index is 4.96. The van der Waals surface area contributed by atoms with Crippen molar-refractivity contribution in [1.82, 2.24) is 29.6 Å². The molecule has 0 spiro atoms. The quantitative estimate of drug-likeness (QED) is 0.711. The molecule has 1 aliphatic heterocycles. The highest BCUT2D eigenvalue weighted by atomic mass is 15.3. The summed E-state index contributed by atoms with van der Waals surface area (Å²) in [5, 5.41) is 5.65. The molecule has 27 heavy (non-hydrogen) atoms. The molecule has 1 saturated heterocycles. The van der Waals surface area contributed by atoms with Crippen LogP contribution in [0.5, 0.6) is 0 Å². The lowest BCUT2D eigenvalue weighted by Crippen LogP contribution is -2.35. The second-order valence-corrected chi connectivity index (χ2v) is 7.46. The van der Waals surface area contributed by atoms with Gasteiger partial charge in [0.05, 0.1) is 11.1 Å². The first kappa shape index (κ1) is 17.9. The predicted octanol–water partition coefficient (Wildman–Crippen LogP) is 2.65. The van der Waals surface area contributed by atoms with Gasteiger partial charge in [-0.3, -0.25) is 14.6 Å². The van der Waals surface area contributed by atoms with Gasteiger partial charge in [-0.05, 0) is 39.3 Å². The molecular weight excluding hydrogens is 338 g/mol. The van der Waals surface area contributed by atoms with Gasteiger partial charge < -0.3 is 4.90 Å². The Morgan fingerprint density at radius 1 is 1.04 bits per heavy atom. The van der Waals surface area contributed by atoms with Gasteiger partial charge in [0.1, 0.15) is 11.5 Å². The molecule has 3 aromatic rings. The van der Waals surface area contributed by atoms with Gasteiger partial charge in [0.15, 0.2) is 11.5 Å². The maximum absolute atomic E-state index is 4.96. The van der Waals surface area contributed by atoms with Crippen molar-refractivity contribution < 1.29 is 0 Å². The van der Waals surface area contributed by atoms with E-state index in [0.29, 0.717) is 11.9 Å². The van der Waals surface area contributed by atoms with E-state index in [9.17, 15) is 0 Å². The maximum Gasteiger partial charge on any atom is 0.182 e. The first-order valence-electron chi connectivity index (χ1n) is 9.66. The van der Waals surface area contributed by atoms with Crippen LogP contribution in [-0.4, -0.2) is 61.9 Å². The number of aryl methyl sites for hydroxylation is 2. The van der Waals surface area contributed by atoms with Crippen LogP contribution in [0.4, 0.5) is 5.82 Å². The zero-order valence-corrected chi connectivity index (χ0v) is 16.6. The van der Waals surface area contributed by atoms with Crippen molar-refractivity contribution in [3.8, 4) is 11.5 Å². The molecule has 7 heteroatoms. The monoisotopic (exact) mass is 365 g/mol. The fourth-order valence-electron chi connectivity index (χ4n) is 3.82. The average molecular weight is 365 g/mol. The molecule has 0 saturated carbocycles. The summed E-state index contributed by atoms with van der Waals surface area (Å²) in [7, 11) is 1.94. The first-order chi connectivity index (χ1) is 13.0. The molecule has 3 aromatic heterocycles. The number of pyridine rings is 1. The van der Waals surface area contributed by atoms with E-state index < -0.39 is 0 Å². The Morgan fingerprint density at radius 2 is 1.89 bits per heavy atom. The average Bonchev–Trinajstić information content (AvgIpc) is 2.85. The van der Waals surface area contributed by atoms with Crippen LogP contribution in [0.1, 0.15) is 26.0 Å². The normalized spacial score (nSPS) is 16.3. The van der Waals surface area contributed by atoms with Gasteiger partial charge in [0.2, 0.25) is 0 Å². The van der Waals surface area contributed by atoms with Crippen molar-refractivity contribution in [2.24, 2.45) is 7.05 Å². The van der Waals surface area contributed by atoms with Gasteiger partial charge in [-0.15, -0.1) is 0 Å². The van der Waals surface area contributed by atoms with Crippen molar-refractivity contribution in [2.45, 2.75) is 33.2 Å². The Kier molecular flexibility index (Phi) is 4.78. The van der Waals surface area contributed by atoms with E-state index in [-0.39, 0.29) is 0 Å². The summed E-state index contributed by atoms with van der Waals surface area (Å²) in [5.41, 5.74) is 2.63. The SMILES string of the molecule is Cc1nn(C)c2nc(-c3ccccn3)nc(N3CCCN(C(C)C)CC3)c12. The summed E-state index contributed by atoms with van der Waals surface area (Å²) < 4.78 is 1.85. The van der Waals surface area contributed by atoms with Gasteiger partial charge in [0.25, 0.3) is 0 Å². The second-order valence-electron chi connectivity index (χ2n) is 7.46. The lowest BCUT2D eigenvalue weighted by molar-refractivity contribution is 0.238. The molecule has 0 amide bonds. The van der Waals surface area contributed by atoms with E-state index in [1.54, 1.807) is 6.20 Å². The number of rotatable bonds is 3. The molecule has 0 aromatic carbocycles. The lowest BCUT2D eigenvalue weighted by Gasteiger charge is -2.25. The minimum absolute atomic E-state index is 0.569. The number of fused-ring (bicyclic) bond motifs is 1. The van der Waals surface area contributed by atoms with E-state index in [2.05, 4.69) is 33.7 Å². The largest absolute Gasteiger partial charge is 0.355 e. The molecular formula is C20H27N7. The van der Waals surface area contributed by atoms with E-state index in [0.717, 1.165) is 60.8 Å². The van der Waals surface area contributed by atoms with Gasteiger partial charge in [-0.25, -0.2) is 9.97 Å². The molecule has 4 rings (SSSR count). The van der Waals surface area contributed by atoms with Crippen LogP contribution in [0.3, 0.4) is 0 Å². The zero-order valence-electron chi connectivity index (χ0n) is 16.6. The van der Waals surface area contributed by atoms with Crippen LogP contribution in [0, 0.1) is 6.92 Å². The molecule has 0 unspecified atom stereocenters. The Morgan fingerprint density at radius 3 is 2.63 bits per heavy atom. The summed E-state index contributed by atoms with van der Waals surface area (Å²) in [6, 6.07) is 6.40. The number of hydrogen-bond donors (Lipinski definition) is 0. The fourth-order valence-corrected chi connectivity index (χ4v) is 3.82. The van der Waals surface area contributed by atoms with E-state index in [1.807, 2.05) is 36.9 Å². The lowest BCUT2D eigenvalue weighted by atomic mass is 10.2. The zero-order chi connectivity index (χ0) is 19.0. The molecule has 1 fully saturated rings. The van der Waals surface area contributed by atoms with Gasteiger partial charge in [-0.1, -0.05) is 6.07 Å². The minimum atomic E-state index is 0.569. The summed E-state index contributed by atoms with van der Waals surface area (Å²) in [6.45, 7) is 10.7. The van der Waals surface area contributed by atoms with Crippen LogP contribution in [0.2, 0.25) is 0 Å². The number of nitrogens with zero attached hydrogens (tertiary/aromatic N) is 7. The molecule has 0 atom stereocenters. The third kappa shape index (κ3) is 3.39. The summed E-state index contributed by atoms with van der Waals surface area (Å²) in [4.78, 5) is 19.1. The van der Waals surface area contributed by atoms with Crippen LogP contribution < -0.4 is 4.90 Å². The Bertz CT molecular complexity index is 932. The second kappa shape index (κ2) is 7.23. The number of aromatic nitrogens is 5. The molecule has 0 bridgehead atoms. The molecule has 0 N–H and O–H groups in total. The van der Waals surface area contributed by atoms with Crippen molar-refractivity contribution in [1.29, 1.82) is 0 Å². The summed E-state index contributed by atoms with van der Waals surface area (Å²) in [6.07, 6.45) is 2.91. The van der Waals surface area contributed by atoms with Crippen LogP contribution >= 0.6 is 0 Å². The van der Waals surface area contributed by atoms with Crippen molar-refractivity contribution in [3.05, 3.63) is 30.1 Å². The highest BCUT2D eigenvalue weighted by molar-refractivity contribution is 5.91. The molecule has 4 heterocycles. The highest BCUT2D eigenvalue weighted by Crippen LogP contribution is 2.30. The Balaban J connectivity index is 1.81. The van der Waals surface area contributed by atoms with E-state index in [4.69, 9.17) is 9.97 Å². The number of anilines is 1. The van der Waals surface area contributed by atoms with Crippen molar-refractivity contribution >= 4 is 16.9 Å². The smallest absolute Gasteiger partial charge is 0.182 e. The number of hydrogen-bond acceptors (Lipinski definition) is 6.